The summed E-state index contributed by atoms with van der Waals surface area (Å²) in [7, 11) is 0. The fraction of sp³-hybridized carbons (Fsp3) is 0.118. The van der Waals surface area contributed by atoms with Crippen molar-refractivity contribution in [2.75, 3.05) is 0 Å². The normalized spacial score (nSPS) is 11.0. The summed E-state index contributed by atoms with van der Waals surface area (Å²) in [5.41, 5.74) is 1.35. The van der Waals surface area contributed by atoms with Crippen LogP contribution < -0.4 is 10.1 Å². The van der Waals surface area contributed by atoms with Gasteiger partial charge in [0.2, 0.25) is 5.91 Å². The number of halogens is 3. The van der Waals surface area contributed by atoms with Crippen molar-refractivity contribution in [3.8, 4) is 5.75 Å². The van der Waals surface area contributed by atoms with Gasteiger partial charge in [-0.3, -0.25) is 4.79 Å². The van der Waals surface area contributed by atoms with Crippen LogP contribution >= 0.6 is 15.9 Å². The van der Waals surface area contributed by atoms with E-state index in [1.807, 2.05) is 30.3 Å². The quantitative estimate of drug-likeness (QED) is 0.754. The highest BCUT2D eigenvalue weighted by Gasteiger charge is 2.08. The van der Waals surface area contributed by atoms with E-state index in [1.54, 1.807) is 12.1 Å². The number of ether oxygens (including phenoxy) is 1. The Morgan fingerprint density at radius 3 is 2.65 bits per heavy atom. The Kier molecular flexibility index (Phi) is 6.29. The molecule has 0 aliphatic heterocycles. The van der Waals surface area contributed by atoms with Crippen LogP contribution in [0.2, 0.25) is 0 Å². The lowest BCUT2D eigenvalue weighted by atomic mass is 10.2. The average Bonchev–Trinajstić information content (AvgIpc) is 2.53. The molecule has 0 aromatic heterocycles. The maximum atomic E-state index is 12.4. The monoisotopic (exact) mass is 381 g/mol. The van der Waals surface area contributed by atoms with E-state index in [-0.39, 0.29) is 11.7 Å². The van der Waals surface area contributed by atoms with E-state index in [0.717, 1.165) is 5.56 Å². The molecule has 0 unspecified atom stereocenters. The third-order valence-electron chi connectivity index (χ3n) is 2.91. The summed E-state index contributed by atoms with van der Waals surface area (Å²) in [5.74, 6) is -0.313. The highest BCUT2D eigenvalue weighted by atomic mass is 79.9. The topological polar surface area (TPSA) is 38.3 Å². The molecule has 0 aliphatic rings. The molecular formula is C17H14BrF2NO2. The number of hydrogen-bond donors (Lipinski definition) is 1. The minimum absolute atomic E-state index is 0.00955. The first-order valence-corrected chi connectivity index (χ1v) is 7.58. The van der Waals surface area contributed by atoms with Crippen LogP contribution in [-0.2, 0) is 11.3 Å². The third kappa shape index (κ3) is 5.83. The van der Waals surface area contributed by atoms with Crippen LogP contribution in [0, 0.1) is 0 Å². The number of benzene rings is 2. The van der Waals surface area contributed by atoms with Gasteiger partial charge in [-0.25, -0.2) is 0 Å². The highest BCUT2D eigenvalue weighted by molar-refractivity contribution is 9.10. The second-order valence-electron chi connectivity index (χ2n) is 4.60. The Hall–Kier alpha value is -2.21. The summed E-state index contributed by atoms with van der Waals surface area (Å²) >= 11 is 3.25. The van der Waals surface area contributed by atoms with Crippen molar-refractivity contribution in [3.63, 3.8) is 0 Å². The van der Waals surface area contributed by atoms with Crippen molar-refractivity contribution in [2.24, 2.45) is 0 Å². The number of rotatable bonds is 6. The largest absolute Gasteiger partial charge is 0.434 e. The summed E-state index contributed by atoms with van der Waals surface area (Å²) in [6, 6.07) is 14.0. The van der Waals surface area contributed by atoms with Crippen molar-refractivity contribution < 1.29 is 18.3 Å². The van der Waals surface area contributed by atoms with Crippen LogP contribution in [0.5, 0.6) is 5.75 Å². The van der Waals surface area contributed by atoms with Crippen LogP contribution in [0.1, 0.15) is 11.1 Å². The maximum absolute atomic E-state index is 12.4. The second-order valence-corrected chi connectivity index (χ2v) is 5.51. The van der Waals surface area contributed by atoms with Crippen molar-refractivity contribution in [1.29, 1.82) is 0 Å². The Labute approximate surface area is 141 Å². The minimum atomic E-state index is -2.92. The highest BCUT2D eigenvalue weighted by Crippen LogP contribution is 2.25. The molecule has 0 aliphatic carbocycles. The number of carbonyl (C=O) groups is 1. The summed E-state index contributed by atoms with van der Waals surface area (Å²) in [5, 5.41) is 2.72. The summed E-state index contributed by atoms with van der Waals surface area (Å²) < 4.78 is 29.9. The number of carbonyl (C=O) groups excluding carboxylic acids is 1. The number of hydrogen-bond acceptors (Lipinski definition) is 2. The SMILES string of the molecule is O=C(/C=C/c1cc(Br)ccc1OC(F)F)NCc1ccccc1. The van der Waals surface area contributed by atoms with E-state index in [0.29, 0.717) is 16.6 Å². The van der Waals surface area contributed by atoms with Crippen LogP contribution in [0.15, 0.2) is 59.1 Å². The van der Waals surface area contributed by atoms with Crippen molar-refractivity contribution in [1.82, 2.24) is 5.32 Å². The molecule has 3 nitrogen and oxygen atoms in total. The van der Waals surface area contributed by atoms with Gasteiger partial charge in [0, 0.05) is 22.7 Å². The van der Waals surface area contributed by atoms with Gasteiger partial charge in [0.15, 0.2) is 0 Å². The zero-order valence-electron chi connectivity index (χ0n) is 12.0. The van der Waals surface area contributed by atoms with Gasteiger partial charge in [0.05, 0.1) is 0 Å². The van der Waals surface area contributed by atoms with Gasteiger partial charge in [0.25, 0.3) is 0 Å². The first-order chi connectivity index (χ1) is 11.0. The van der Waals surface area contributed by atoms with Crippen LogP contribution in [-0.4, -0.2) is 12.5 Å². The summed E-state index contributed by atoms with van der Waals surface area (Å²) in [6.45, 7) is -2.53. The van der Waals surface area contributed by atoms with Crippen molar-refractivity contribution >= 4 is 27.9 Å². The lowest BCUT2D eigenvalue weighted by Crippen LogP contribution is -2.20. The molecule has 0 heterocycles. The Morgan fingerprint density at radius 2 is 1.96 bits per heavy atom. The number of amides is 1. The number of nitrogens with one attached hydrogen (secondary N) is 1. The van der Waals surface area contributed by atoms with Crippen LogP contribution in [0.25, 0.3) is 6.08 Å². The molecule has 23 heavy (non-hydrogen) atoms. The smallest absolute Gasteiger partial charge is 0.387 e. The standard InChI is InChI=1S/C17H14BrF2NO2/c18-14-7-8-15(23-17(19)20)13(10-14)6-9-16(22)21-11-12-4-2-1-3-5-12/h1-10,17H,11H2,(H,21,22)/b9-6+. The van der Waals surface area contributed by atoms with E-state index in [1.165, 1.54) is 18.2 Å². The van der Waals surface area contributed by atoms with Gasteiger partial charge in [-0.05, 0) is 29.8 Å². The molecule has 120 valence electrons. The molecule has 1 amide bonds. The summed E-state index contributed by atoms with van der Waals surface area (Å²) in [4.78, 5) is 11.8. The lowest BCUT2D eigenvalue weighted by Gasteiger charge is -2.08. The molecule has 0 fully saturated rings. The van der Waals surface area contributed by atoms with Gasteiger partial charge in [0.1, 0.15) is 5.75 Å². The minimum Gasteiger partial charge on any atom is -0.434 e. The van der Waals surface area contributed by atoms with E-state index < -0.39 is 6.61 Å². The van der Waals surface area contributed by atoms with Gasteiger partial charge in [-0.2, -0.15) is 8.78 Å². The maximum Gasteiger partial charge on any atom is 0.387 e. The zero-order valence-corrected chi connectivity index (χ0v) is 13.6. The van der Waals surface area contributed by atoms with E-state index in [2.05, 4.69) is 26.0 Å². The van der Waals surface area contributed by atoms with Crippen LogP contribution in [0.3, 0.4) is 0 Å². The van der Waals surface area contributed by atoms with Crippen molar-refractivity contribution in [2.45, 2.75) is 13.2 Å². The average molecular weight is 382 g/mol. The molecule has 0 saturated heterocycles. The fourth-order valence-corrected chi connectivity index (χ4v) is 2.24. The Morgan fingerprint density at radius 1 is 1.22 bits per heavy atom. The van der Waals surface area contributed by atoms with Gasteiger partial charge in [-0.15, -0.1) is 0 Å². The fourth-order valence-electron chi connectivity index (χ4n) is 1.86. The molecule has 2 rings (SSSR count). The molecular weight excluding hydrogens is 368 g/mol. The van der Waals surface area contributed by atoms with Gasteiger partial charge >= 0.3 is 6.61 Å². The molecule has 1 N–H and O–H groups in total. The molecule has 2 aromatic carbocycles. The second kappa shape index (κ2) is 8.43. The molecule has 0 saturated carbocycles. The van der Waals surface area contributed by atoms with E-state index in [4.69, 9.17) is 0 Å². The Bertz CT molecular complexity index is 690. The molecule has 6 heteroatoms. The predicted octanol–water partition coefficient (Wildman–Crippen LogP) is 4.38. The molecule has 0 radical (unpaired) electrons. The lowest BCUT2D eigenvalue weighted by molar-refractivity contribution is -0.116. The van der Waals surface area contributed by atoms with Crippen molar-refractivity contribution in [3.05, 3.63) is 70.2 Å². The molecule has 0 spiro atoms. The number of alkyl halides is 2. The Balaban J connectivity index is 2.01. The first-order valence-electron chi connectivity index (χ1n) is 6.79. The molecule has 0 atom stereocenters. The third-order valence-corrected chi connectivity index (χ3v) is 3.40. The zero-order chi connectivity index (χ0) is 16.7. The van der Waals surface area contributed by atoms with Gasteiger partial charge in [-0.1, -0.05) is 46.3 Å². The van der Waals surface area contributed by atoms with Gasteiger partial charge < -0.3 is 10.1 Å². The first kappa shape index (κ1) is 17.1. The van der Waals surface area contributed by atoms with Crippen LogP contribution in [0.4, 0.5) is 8.78 Å². The molecule has 2 aromatic rings. The van der Waals surface area contributed by atoms with E-state index >= 15 is 0 Å². The summed E-state index contributed by atoms with van der Waals surface area (Å²) in [6.07, 6.45) is 2.71. The van der Waals surface area contributed by atoms with E-state index in [9.17, 15) is 13.6 Å². The predicted molar refractivity (Wildman–Crippen MR) is 88.1 cm³/mol. The molecule has 0 bridgehead atoms.